The van der Waals surface area contributed by atoms with Crippen molar-refractivity contribution >= 4 is 5.91 Å². The molecule has 1 aromatic carbocycles. The van der Waals surface area contributed by atoms with Crippen LogP contribution in [0.1, 0.15) is 48.0 Å². The number of hydrogen-bond donors (Lipinski definition) is 0. The molecule has 0 spiro atoms. The van der Waals surface area contributed by atoms with E-state index in [0.29, 0.717) is 24.5 Å². The highest BCUT2D eigenvalue weighted by Crippen LogP contribution is 2.19. The molecule has 0 unspecified atom stereocenters. The maximum Gasteiger partial charge on any atom is 0.276 e. The summed E-state index contributed by atoms with van der Waals surface area (Å²) in [5.74, 6) is 0.667. The van der Waals surface area contributed by atoms with Gasteiger partial charge in [0.15, 0.2) is 11.5 Å². The second kappa shape index (κ2) is 8.81. The van der Waals surface area contributed by atoms with Gasteiger partial charge < -0.3 is 9.42 Å². The number of carbonyl (C=O) groups excluding carboxylic acids is 1. The lowest BCUT2D eigenvalue weighted by molar-refractivity contribution is 0.0733. The van der Waals surface area contributed by atoms with Crippen LogP contribution >= 0.6 is 0 Å². The minimum absolute atomic E-state index is 0.0446. The molecule has 2 heterocycles. The average molecular weight is 353 g/mol. The fourth-order valence-corrected chi connectivity index (χ4v) is 3.32. The maximum atomic E-state index is 12.8. The van der Waals surface area contributed by atoms with Crippen LogP contribution in [0.3, 0.4) is 0 Å². The molecule has 0 saturated carbocycles. The molecule has 0 bridgehead atoms. The molecule has 0 radical (unpaired) electrons. The van der Waals surface area contributed by atoms with Gasteiger partial charge >= 0.3 is 0 Å². The molecule has 5 nitrogen and oxygen atoms in total. The number of carbonyl (C=O) groups is 1. The molecule has 0 fully saturated rings. The summed E-state index contributed by atoms with van der Waals surface area (Å²) in [5.41, 5.74) is 1.64. The standard InChI is InChI=1S/C21H27N3O2/c1-3-4-11-18-12-8-13-24(18)21(25)20-14-19(26-22-20)16-23(2)15-17-9-6-5-7-10-17/h5-10,12,14,18H,3-4,11,13,15-16H2,1-2H3/t18-/m1/s1. The maximum absolute atomic E-state index is 12.8. The minimum atomic E-state index is -0.0446. The van der Waals surface area contributed by atoms with E-state index in [-0.39, 0.29) is 11.9 Å². The number of benzene rings is 1. The first-order valence-corrected chi connectivity index (χ1v) is 9.33. The Bertz CT molecular complexity index is 739. The summed E-state index contributed by atoms with van der Waals surface area (Å²) in [5, 5.41) is 4.01. The van der Waals surface area contributed by atoms with Crippen LogP contribution in [-0.4, -0.2) is 40.5 Å². The monoisotopic (exact) mass is 353 g/mol. The van der Waals surface area contributed by atoms with Gasteiger partial charge in [-0.05, 0) is 19.0 Å². The van der Waals surface area contributed by atoms with Gasteiger partial charge in [-0.15, -0.1) is 0 Å². The first-order valence-electron chi connectivity index (χ1n) is 9.33. The second-order valence-electron chi connectivity index (χ2n) is 6.93. The Kier molecular flexibility index (Phi) is 6.23. The Hall–Kier alpha value is -2.40. The third kappa shape index (κ3) is 4.61. The summed E-state index contributed by atoms with van der Waals surface area (Å²) in [6, 6.07) is 12.2. The number of rotatable bonds is 8. The Morgan fingerprint density at radius 3 is 2.88 bits per heavy atom. The normalized spacial score (nSPS) is 16.6. The van der Waals surface area contributed by atoms with Gasteiger partial charge in [0.25, 0.3) is 5.91 Å². The highest BCUT2D eigenvalue weighted by atomic mass is 16.5. The number of hydrogen-bond acceptors (Lipinski definition) is 4. The molecular formula is C21H27N3O2. The van der Waals surface area contributed by atoms with Gasteiger partial charge in [0.05, 0.1) is 12.6 Å². The van der Waals surface area contributed by atoms with Crippen LogP contribution in [0.2, 0.25) is 0 Å². The van der Waals surface area contributed by atoms with Crippen LogP contribution < -0.4 is 0 Å². The van der Waals surface area contributed by atoms with Gasteiger partial charge in [-0.1, -0.05) is 67.4 Å². The minimum Gasteiger partial charge on any atom is -0.359 e. The molecule has 1 amide bonds. The smallest absolute Gasteiger partial charge is 0.276 e. The van der Waals surface area contributed by atoms with Gasteiger partial charge in [-0.3, -0.25) is 9.69 Å². The van der Waals surface area contributed by atoms with Crippen molar-refractivity contribution in [1.29, 1.82) is 0 Å². The lowest BCUT2D eigenvalue weighted by atomic mass is 10.1. The van der Waals surface area contributed by atoms with E-state index in [4.69, 9.17) is 4.52 Å². The lowest BCUT2D eigenvalue weighted by Gasteiger charge is -2.23. The van der Waals surface area contributed by atoms with Crippen molar-refractivity contribution in [2.75, 3.05) is 13.6 Å². The van der Waals surface area contributed by atoms with Crippen molar-refractivity contribution in [3.8, 4) is 0 Å². The number of aromatic nitrogens is 1. The Morgan fingerprint density at radius 2 is 2.12 bits per heavy atom. The Labute approximate surface area is 155 Å². The molecule has 26 heavy (non-hydrogen) atoms. The van der Waals surface area contributed by atoms with E-state index < -0.39 is 0 Å². The fourth-order valence-electron chi connectivity index (χ4n) is 3.32. The van der Waals surface area contributed by atoms with Crippen LogP contribution in [-0.2, 0) is 13.1 Å². The van der Waals surface area contributed by atoms with E-state index in [0.717, 1.165) is 25.8 Å². The first-order chi connectivity index (χ1) is 12.7. The van der Waals surface area contributed by atoms with Crippen LogP contribution in [0.5, 0.6) is 0 Å². The summed E-state index contributed by atoms with van der Waals surface area (Å²) < 4.78 is 5.41. The van der Waals surface area contributed by atoms with Crippen molar-refractivity contribution < 1.29 is 9.32 Å². The SMILES string of the molecule is CCCC[C@@H]1C=CCN1C(=O)c1cc(CN(C)Cc2ccccc2)on1. The molecule has 1 aliphatic heterocycles. The number of unbranched alkanes of at least 4 members (excludes halogenated alkanes) is 1. The molecule has 2 aromatic rings. The fraction of sp³-hybridized carbons (Fsp3) is 0.429. The van der Waals surface area contributed by atoms with Gasteiger partial charge in [0.1, 0.15) is 0 Å². The molecule has 5 heteroatoms. The predicted octanol–water partition coefficient (Wildman–Crippen LogP) is 3.88. The zero-order valence-electron chi connectivity index (χ0n) is 15.6. The van der Waals surface area contributed by atoms with Crippen LogP contribution in [0.15, 0.2) is 53.1 Å². The highest BCUT2D eigenvalue weighted by molar-refractivity contribution is 5.93. The molecule has 1 aromatic heterocycles. The quantitative estimate of drug-likeness (QED) is 0.676. The van der Waals surface area contributed by atoms with E-state index >= 15 is 0 Å². The molecule has 0 N–H and O–H groups in total. The average Bonchev–Trinajstić information content (AvgIpc) is 3.29. The van der Waals surface area contributed by atoms with Crippen LogP contribution in [0.25, 0.3) is 0 Å². The lowest BCUT2D eigenvalue weighted by Crippen LogP contribution is -2.36. The molecule has 138 valence electrons. The van der Waals surface area contributed by atoms with E-state index in [9.17, 15) is 4.79 Å². The largest absolute Gasteiger partial charge is 0.359 e. The predicted molar refractivity (Wildman–Crippen MR) is 102 cm³/mol. The van der Waals surface area contributed by atoms with Crippen LogP contribution in [0, 0.1) is 0 Å². The van der Waals surface area contributed by atoms with Crippen molar-refractivity contribution in [2.24, 2.45) is 0 Å². The molecule has 0 aliphatic carbocycles. The summed E-state index contributed by atoms with van der Waals surface area (Å²) in [6.07, 6.45) is 7.44. The van der Waals surface area contributed by atoms with Crippen molar-refractivity contribution in [3.63, 3.8) is 0 Å². The summed E-state index contributed by atoms with van der Waals surface area (Å²) >= 11 is 0. The zero-order valence-corrected chi connectivity index (χ0v) is 15.6. The highest BCUT2D eigenvalue weighted by Gasteiger charge is 2.27. The zero-order chi connectivity index (χ0) is 18.4. The summed E-state index contributed by atoms with van der Waals surface area (Å²) in [7, 11) is 2.03. The first kappa shape index (κ1) is 18.4. The number of amides is 1. The summed E-state index contributed by atoms with van der Waals surface area (Å²) in [6.45, 7) is 4.26. The Balaban J connectivity index is 1.57. The van der Waals surface area contributed by atoms with Gasteiger partial charge in [-0.2, -0.15) is 0 Å². The van der Waals surface area contributed by atoms with E-state index in [1.807, 2.05) is 30.1 Å². The van der Waals surface area contributed by atoms with Crippen molar-refractivity contribution in [3.05, 3.63) is 65.6 Å². The van der Waals surface area contributed by atoms with E-state index in [1.54, 1.807) is 6.07 Å². The van der Waals surface area contributed by atoms with Crippen molar-refractivity contribution in [1.82, 2.24) is 15.0 Å². The summed E-state index contributed by atoms with van der Waals surface area (Å²) in [4.78, 5) is 16.8. The molecular weight excluding hydrogens is 326 g/mol. The molecule has 0 saturated heterocycles. The number of nitrogens with zero attached hydrogens (tertiary/aromatic N) is 3. The Morgan fingerprint density at radius 1 is 1.31 bits per heavy atom. The van der Waals surface area contributed by atoms with E-state index in [1.165, 1.54) is 5.56 Å². The van der Waals surface area contributed by atoms with Gasteiger partial charge in [-0.25, -0.2) is 0 Å². The van der Waals surface area contributed by atoms with Gasteiger partial charge in [0, 0.05) is 19.2 Å². The van der Waals surface area contributed by atoms with E-state index in [2.05, 4.69) is 41.3 Å². The third-order valence-corrected chi connectivity index (χ3v) is 4.67. The topological polar surface area (TPSA) is 49.6 Å². The van der Waals surface area contributed by atoms with Crippen molar-refractivity contribution in [2.45, 2.75) is 45.3 Å². The van der Waals surface area contributed by atoms with Crippen LogP contribution in [0.4, 0.5) is 0 Å². The molecule has 3 rings (SSSR count). The third-order valence-electron chi connectivity index (χ3n) is 4.67. The van der Waals surface area contributed by atoms with Gasteiger partial charge in [0.2, 0.25) is 0 Å². The molecule has 1 aliphatic rings. The molecule has 1 atom stereocenters. The second-order valence-corrected chi connectivity index (χ2v) is 6.93.